The van der Waals surface area contributed by atoms with Gasteiger partial charge in [0.15, 0.2) is 0 Å². The molecule has 0 aromatic carbocycles. The molecule has 3 saturated heterocycles. The zero-order chi connectivity index (χ0) is 16.2. The topological polar surface area (TPSA) is 9.72 Å². The van der Waals surface area contributed by atoms with Crippen molar-refractivity contribution in [1.82, 2.24) is 14.7 Å². The lowest BCUT2D eigenvalue weighted by atomic mass is 9.79. The summed E-state index contributed by atoms with van der Waals surface area (Å²) >= 11 is 0. The van der Waals surface area contributed by atoms with Crippen LogP contribution in [-0.2, 0) is 0 Å². The lowest BCUT2D eigenvalue weighted by Gasteiger charge is -2.50. The molecule has 4 aliphatic rings. The molecule has 0 N–H and O–H groups in total. The minimum absolute atomic E-state index is 0.523. The summed E-state index contributed by atoms with van der Waals surface area (Å²) in [6.07, 6.45) is 5.81. The average Bonchev–Trinajstić information content (AvgIpc) is 2.94. The third-order valence-corrected chi connectivity index (χ3v) is 7.53. The zero-order valence-corrected chi connectivity index (χ0v) is 15.8. The number of likely N-dealkylation sites (N-methyl/N-ethyl adjacent to an activating group) is 1. The minimum atomic E-state index is 0.523. The van der Waals surface area contributed by atoms with Gasteiger partial charge in [0, 0.05) is 44.8 Å². The van der Waals surface area contributed by atoms with Gasteiger partial charge >= 0.3 is 0 Å². The van der Waals surface area contributed by atoms with Crippen molar-refractivity contribution in [3.63, 3.8) is 0 Å². The van der Waals surface area contributed by atoms with Gasteiger partial charge in [-0.2, -0.15) is 0 Å². The van der Waals surface area contributed by atoms with Crippen molar-refractivity contribution >= 4 is 0 Å². The van der Waals surface area contributed by atoms with E-state index in [0.717, 1.165) is 29.8 Å². The second kappa shape index (κ2) is 6.00. The molecule has 3 unspecified atom stereocenters. The van der Waals surface area contributed by atoms with Gasteiger partial charge in [-0.05, 0) is 62.4 Å². The van der Waals surface area contributed by atoms with E-state index in [1.165, 1.54) is 65.0 Å². The fourth-order valence-electron chi connectivity index (χ4n) is 5.80. The molecule has 1 saturated carbocycles. The average molecular weight is 320 g/mol. The van der Waals surface area contributed by atoms with Gasteiger partial charge in [-0.1, -0.05) is 20.8 Å². The Morgan fingerprint density at radius 2 is 1.39 bits per heavy atom. The molecule has 0 bridgehead atoms. The molecule has 3 aliphatic heterocycles. The molecule has 132 valence electrons. The highest BCUT2D eigenvalue weighted by Crippen LogP contribution is 2.49. The second-order valence-corrected chi connectivity index (χ2v) is 10.2. The van der Waals surface area contributed by atoms with Gasteiger partial charge in [0.2, 0.25) is 0 Å². The van der Waals surface area contributed by atoms with Crippen LogP contribution in [0.15, 0.2) is 0 Å². The molecular formula is C20H37N3. The minimum Gasteiger partial charge on any atom is -0.305 e. The number of likely N-dealkylation sites (tertiary alicyclic amines) is 3. The van der Waals surface area contributed by atoms with E-state index in [9.17, 15) is 0 Å². The molecule has 3 nitrogen and oxygen atoms in total. The SMILES string of the molecule is CN1CCCC(N2CC(N3CC4CC(C(C)(C)C)CC4C3)C2)C1. The van der Waals surface area contributed by atoms with E-state index in [0.29, 0.717) is 5.41 Å². The van der Waals surface area contributed by atoms with Gasteiger partial charge in [0.05, 0.1) is 0 Å². The van der Waals surface area contributed by atoms with E-state index in [-0.39, 0.29) is 0 Å². The highest BCUT2D eigenvalue weighted by molar-refractivity contribution is 5.01. The van der Waals surface area contributed by atoms with E-state index in [1.807, 2.05) is 0 Å². The highest BCUT2D eigenvalue weighted by Gasteiger charge is 2.47. The Balaban J connectivity index is 1.24. The lowest BCUT2D eigenvalue weighted by Crippen LogP contribution is -2.64. The summed E-state index contributed by atoms with van der Waals surface area (Å²) in [6, 6.07) is 1.72. The fraction of sp³-hybridized carbons (Fsp3) is 1.00. The molecule has 0 amide bonds. The Morgan fingerprint density at radius 1 is 0.783 bits per heavy atom. The normalized spacial score (nSPS) is 41.2. The monoisotopic (exact) mass is 319 g/mol. The summed E-state index contributed by atoms with van der Waals surface area (Å²) < 4.78 is 0. The summed E-state index contributed by atoms with van der Waals surface area (Å²) in [5, 5.41) is 0. The molecular weight excluding hydrogens is 282 g/mol. The standard InChI is InChI=1S/C20H37N3/c1-20(2,3)17-8-15-10-22(11-16(15)9-17)19-13-23(14-19)18-6-5-7-21(4)12-18/h15-19H,5-14H2,1-4H3. The Kier molecular flexibility index (Phi) is 4.26. The first-order valence-corrected chi connectivity index (χ1v) is 10.1. The number of nitrogens with zero attached hydrogens (tertiary/aromatic N) is 3. The van der Waals surface area contributed by atoms with Crippen LogP contribution in [0, 0.1) is 23.2 Å². The molecule has 3 atom stereocenters. The van der Waals surface area contributed by atoms with Crippen LogP contribution in [0.3, 0.4) is 0 Å². The Hall–Kier alpha value is -0.120. The van der Waals surface area contributed by atoms with Crippen LogP contribution in [0.25, 0.3) is 0 Å². The molecule has 3 heteroatoms. The van der Waals surface area contributed by atoms with Gasteiger partial charge in [0.1, 0.15) is 0 Å². The number of hydrogen-bond acceptors (Lipinski definition) is 3. The van der Waals surface area contributed by atoms with Crippen LogP contribution >= 0.6 is 0 Å². The first-order valence-electron chi connectivity index (χ1n) is 10.1. The second-order valence-electron chi connectivity index (χ2n) is 10.2. The molecule has 4 rings (SSSR count). The third-order valence-electron chi connectivity index (χ3n) is 7.53. The molecule has 3 heterocycles. The van der Waals surface area contributed by atoms with Crippen molar-refractivity contribution in [3.8, 4) is 0 Å². The van der Waals surface area contributed by atoms with E-state index in [1.54, 1.807) is 0 Å². The highest BCUT2D eigenvalue weighted by atomic mass is 15.3. The summed E-state index contributed by atoms with van der Waals surface area (Å²) in [6.45, 7) is 15.4. The van der Waals surface area contributed by atoms with E-state index in [4.69, 9.17) is 0 Å². The number of fused-ring (bicyclic) bond motifs is 1. The number of piperidine rings is 1. The van der Waals surface area contributed by atoms with Gasteiger partial charge in [0.25, 0.3) is 0 Å². The van der Waals surface area contributed by atoms with Crippen LogP contribution in [0.1, 0.15) is 46.5 Å². The number of rotatable bonds is 2. The van der Waals surface area contributed by atoms with Crippen LogP contribution in [0.5, 0.6) is 0 Å². The van der Waals surface area contributed by atoms with Crippen molar-refractivity contribution < 1.29 is 0 Å². The molecule has 1 aliphatic carbocycles. The van der Waals surface area contributed by atoms with Crippen LogP contribution in [0.2, 0.25) is 0 Å². The maximum absolute atomic E-state index is 2.86. The van der Waals surface area contributed by atoms with E-state index in [2.05, 4.69) is 42.5 Å². The number of hydrogen-bond donors (Lipinski definition) is 0. The largest absolute Gasteiger partial charge is 0.305 e. The van der Waals surface area contributed by atoms with Crippen molar-refractivity contribution in [2.75, 3.05) is 46.3 Å². The van der Waals surface area contributed by atoms with Crippen molar-refractivity contribution in [3.05, 3.63) is 0 Å². The predicted octanol–water partition coefficient (Wildman–Crippen LogP) is 2.77. The van der Waals surface area contributed by atoms with Crippen molar-refractivity contribution in [2.45, 2.75) is 58.5 Å². The van der Waals surface area contributed by atoms with Crippen molar-refractivity contribution in [1.29, 1.82) is 0 Å². The van der Waals surface area contributed by atoms with Crippen LogP contribution in [0.4, 0.5) is 0 Å². The summed E-state index contributed by atoms with van der Waals surface area (Å²) in [5.74, 6) is 2.98. The molecule has 0 aromatic rings. The summed E-state index contributed by atoms with van der Waals surface area (Å²) in [4.78, 5) is 8.15. The third kappa shape index (κ3) is 3.21. The molecule has 0 spiro atoms. The van der Waals surface area contributed by atoms with E-state index >= 15 is 0 Å². The maximum atomic E-state index is 2.86. The van der Waals surface area contributed by atoms with Crippen LogP contribution in [-0.4, -0.2) is 73.1 Å². The fourth-order valence-corrected chi connectivity index (χ4v) is 5.80. The predicted molar refractivity (Wildman–Crippen MR) is 96.6 cm³/mol. The summed E-state index contributed by atoms with van der Waals surface area (Å²) in [5.41, 5.74) is 0.523. The van der Waals surface area contributed by atoms with E-state index < -0.39 is 0 Å². The quantitative estimate of drug-likeness (QED) is 0.775. The first kappa shape index (κ1) is 16.4. The van der Waals surface area contributed by atoms with Crippen molar-refractivity contribution in [2.24, 2.45) is 23.2 Å². The van der Waals surface area contributed by atoms with Gasteiger partial charge in [-0.25, -0.2) is 0 Å². The smallest absolute Gasteiger partial charge is 0.0350 e. The Morgan fingerprint density at radius 3 is 1.96 bits per heavy atom. The lowest BCUT2D eigenvalue weighted by molar-refractivity contribution is -0.0106. The molecule has 4 fully saturated rings. The van der Waals surface area contributed by atoms with Gasteiger partial charge < -0.3 is 4.90 Å². The molecule has 0 aromatic heterocycles. The Labute approximate surface area is 143 Å². The summed E-state index contributed by atoms with van der Waals surface area (Å²) in [7, 11) is 2.29. The van der Waals surface area contributed by atoms with Crippen LogP contribution < -0.4 is 0 Å². The maximum Gasteiger partial charge on any atom is 0.0350 e. The zero-order valence-electron chi connectivity index (χ0n) is 15.8. The Bertz CT molecular complexity index is 409. The van der Waals surface area contributed by atoms with Gasteiger partial charge in [-0.15, -0.1) is 0 Å². The van der Waals surface area contributed by atoms with Gasteiger partial charge in [-0.3, -0.25) is 9.80 Å². The first-order chi connectivity index (χ1) is 10.9. The molecule has 23 heavy (non-hydrogen) atoms. The molecule has 0 radical (unpaired) electrons.